The Morgan fingerprint density at radius 1 is 0.806 bits per heavy atom. The molecule has 0 saturated heterocycles. The maximum absolute atomic E-state index is 13.3. The number of hydrogen-bond donors (Lipinski definition) is 1. The Morgan fingerprint density at radius 2 is 1.55 bits per heavy atom. The molecule has 1 N–H and O–H groups in total. The van der Waals surface area contributed by atoms with E-state index in [9.17, 15) is 8.42 Å². The number of sulfonamides is 1. The summed E-state index contributed by atoms with van der Waals surface area (Å²) in [7, 11) is -3.88. The Hall–Kier alpha value is -3.29. The van der Waals surface area contributed by atoms with Gasteiger partial charge in [0.05, 0.1) is 18.1 Å². The summed E-state index contributed by atoms with van der Waals surface area (Å²) in [4.78, 5) is 0.105. The van der Waals surface area contributed by atoms with Crippen molar-refractivity contribution in [2.45, 2.75) is 17.4 Å². The van der Waals surface area contributed by atoms with Gasteiger partial charge in [-0.25, -0.2) is 8.42 Å². The standard InChI is InChI=1S/C24H21NO5S/c26-31(27,19-11-12-21-22(16-19)29-14-6-13-28-21)25-24(17-7-2-1-3-8-17)23-15-18-9-4-5-10-20(18)30-23/h1-5,7-12,15-16,24-25H,6,13-14H2/t24-/m1/s1. The number of benzene rings is 3. The van der Waals surface area contributed by atoms with E-state index in [4.69, 9.17) is 13.9 Å². The zero-order valence-corrected chi connectivity index (χ0v) is 17.5. The maximum Gasteiger partial charge on any atom is 0.241 e. The second-order valence-corrected chi connectivity index (χ2v) is 9.02. The minimum Gasteiger partial charge on any atom is -0.490 e. The third-order valence-corrected chi connectivity index (χ3v) is 6.58. The van der Waals surface area contributed by atoms with Crippen LogP contribution >= 0.6 is 0 Å². The molecule has 0 radical (unpaired) electrons. The van der Waals surface area contributed by atoms with Gasteiger partial charge in [0.2, 0.25) is 10.0 Å². The van der Waals surface area contributed by atoms with Crippen LogP contribution in [0.15, 0.2) is 88.2 Å². The average Bonchev–Trinajstić information content (AvgIpc) is 3.08. The van der Waals surface area contributed by atoms with Crippen LogP contribution in [-0.4, -0.2) is 21.6 Å². The van der Waals surface area contributed by atoms with Gasteiger partial charge in [0, 0.05) is 17.9 Å². The first kappa shape index (κ1) is 19.7. The molecule has 0 aliphatic carbocycles. The predicted octanol–water partition coefficient (Wildman–Crippen LogP) is 4.66. The highest BCUT2D eigenvalue weighted by Gasteiger charge is 2.27. The minimum absolute atomic E-state index is 0.105. The van der Waals surface area contributed by atoms with E-state index in [0.717, 1.165) is 17.4 Å². The van der Waals surface area contributed by atoms with Crippen LogP contribution in [-0.2, 0) is 10.0 Å². The molecule has 1 aliphatic heterocycles. The van der Waals surface area contributed by atoms with E-state index in [1.54, 1.807) is 6.07 Å². The summed E-state index contributed by atoms with van der Waals surface area (Å²) in [6.45, 7) is 1.02. The summed E-state index contributed by atoms with van der Waals surface area (Å²) in [5.74, 6) is 1.50. The normalized spacial score (nSPS) is 14.8. The number of nitrogens with one attached hydrogen (secondary N) is 1. The van der Waals surface area contributed by atoms with Crippen LogP contribution in [0.4, 0.5) is 0 Å². The summed E-state index contributed by atoms with van der Waals surface area (Å²) in [6, 6.07) is 22.8. The van der Waals surface area contributed by atoms with E-state index in [-0.39, 0.29) is 4.90 Å². The lowest BCUT2D eigenvalue weighted by atomic mass is 10.1. The molecular formula is C24H21NO5S. The highest BCUT2D eigenvalue weighted by molar-refractivity contribution is 7.89. The van der Waals surface area contributed by atoms with Crippen LogP contribution in [0, 0.1) is 0 Å². The molecule has 158 valence electrons. The molecular weight excluding hydrogens is 414 g/mol. The molecule has 0 saturated carbocycles. The number of fused-ring (bicyclic) bond motifs is 2. The third-order valence-electron chi connectivity index (χ3n) is 5.16. The van der Waals surface area contributed by atoms with E-state index < -0.39 is 16.1 Å². The van der Waals surface area contributed by atoms with E-state index >= 15 is 0 Å². The van der Waals surface area contributed by atoms with Crippen molar-refractivity contribution in [2.75, 3.05) is 13.2 Å². The lowest BCUT2D eigenvalue weighted by Crippen LogP contribution is -2.29. The first-order chi connectivity index (χ1) is 15.1. The predicted molar refractivity (Wildman–Crippen MR) is 117 cm³/mol. The molecule has 0 fully saturated rings. The van der Waals surface area contributed by atoms with Gasteiger partial charge in [0.15, 0.2) is 11.5 Å². The zero-order valence-electron chi connectivity index (χ0n) is 16.7. The van der Waals surface area contributed by atoms with Gasteiger partial charge in [-0.1, -0.05) is 48.5 Å². The molecule has 1 aliphatic rings. The maximum atomic E-state index is 13.3. The molecule has 1 atom stereocenters. The van der Waals surface area contributed by atoms with Crippen LogP contribution in [0.25, 0.3) is 11.0 Å². The molecule has 6 nitrogen and oxygen atoms in total. The van der Waals surface area contributed by atoms with Crippen LogP contribution < -0.4 is 14.2 Å². The Balaban J connectivity index is 1.54. The number of para-hydroxylation sites is 1. The second kappa shape index (κ2) is 8.09. The van der Waals surface area contributed by atoms with Crippen molar-refractivity contribution in [1.82, 2.24) is 4.72 Å². The molecule has 0 bridgehead atoms. The first-order valence-corrected chi connectivity index (χ1v) is 11.5. The zero-order chi connectivity index (χ0) is 21.3. The molecule has 0 unspecified atom stereocenters. The molecule has 0 amide bonds. The van der Waals surface area contributed by atoms with Crippen molar-refractivity contribution in [1.29, 1.82) is 0 Å². The van der Waals surface area contributed by atoms with Crippen LogP contribution in [0.2, 0.25) is 0 Å². The van der Waals surface area contributed by atoms with Gasteiger partial charge >= 0.3 is 0 Å². The molecule has 0 spiro atoms. The Bertz CT molecular complexity index is 1280. The molecule has 31 heavy (non-hydrogen) atoms. The van der Waals surface area contributed by atoms with E-state index in [0.29, 0.717) is 36.1 Å². The van der Waals surface area contributed by atoms with Gasteiger partial charge in [-0.15, -0.1) is 0 Å². The number of ether oxygens (including phenoxy) is 2. The number of hydrogen-bond acceptors (Lipinski definition) is 5. The molecule has 7 heteroatoms. The SMILES string of the molecule is O=S(=O)(N[C@H](c1ccccc1)c1cc2ccccc2o1)c1ccc2c(c1)OCCCO2. The topological polar surface area (TPSA) is 77.8 Å². The van der Waals surface area contributed by atoms with Crippen molar-refractivity contribution >= 4 is 21.0 Å². The van der Waals surface area contributed by atoms with Gasteiger partial charge < -0.3 is 13.9 Å². The highest BCUT2D eigenvalue weighted by atomic mass is 32.2. The van der Waals surface area contributed by atoms with Gasteiger partial charge in [0.25, 0.3) is 0 Å². The van der Waals surface area contributed by atoms with Gasteiger partial charge in [-0.05, 0) is 29.8 Å². The number of rotatable bonds is 5. The molecule has 3 aromatic carbocycles. The smallest absolute Gasteiger partial charge is 0.241 e. The molecule has 5 rings (SSSR count). The van der Waals surface area contributed by atoms with Crippen molar-refractivity contribution < 1.29 is 22.3 Å². The average molecular weight is 436 g/mol. The molecule has 2 heterocycles. The largest absolute Gasteiger partial charge is 0.490 e. The summed E-state index contributed by atoms with van der Waals surface area (Å²) >= 11 is 0. The quantitative estimate of drug-likeness (QED) is 0.493. The summed E-state index contributed by atoms with van der Waals surface area (Å²) in [5, 5.41) is 0.910. The minimum atomic E-state index is -3.88. The van der Waals surface area contributed by atoms with E-state index in [2.05, 4.69) is 4.72 Å². The summed E-state index contributed by atoms with van der Waals surface area (Å²) in [5.41, 5.74) is 1.48. The van der Waals surface area contributed by atoms with Gasteiger partial charge in [-0.3, -0.25) is 0 Å². The van der Waals surface area contributed by atoms with Crippen molar-refractivity contribution in [3.8, 4) is 11.5 Å². The monoisotopic (exact) mass is 435 g/mol. The van der Waals surface area contributed by atoms with Crippen molar-refractivity contribution in [3.05, 3.63) is 90.2 Å². The van der Waals surface area contributed by atoms with Crippen LogP contribution in [0.1, 0.15) is 23.8 Å². The van der Waals surface area contributed by atoms with Crippen LogP contribution in [0.5, 0.6) is 11.5 Å². The first-order valence-electron chi connectivity index (χ1n) is 10.1. The lowest BCUT2D eigenvalue weighted by Gasteiger charge is -2.18. The Morgan fingerprint density at radius 3 is 2.35 bits per heavy atom. The fourth-order valence-corrected chi connectivity index (χ4v) is 4.82. The summed E-state index contributed by atoms with van der Waals surface area (Å²) < 4.78 is 46.7. The summed E-state index contributed by atoms with van der Waals surface area (Å²) in [6.07, 6.45) is 0.747. The Labute approximate surface area is 180 Å². The third kappa shape index (κ3) is 4.02. The van der Waals surface area contributed by atoms with E-state index in [1.807, 2.05) is 60.7 Å². The molecule has 1 aromatic heterocycles. The van der Waals surface area contributed by atoms with Crippen molar-refractivity contribution in [2.24, 2.45) is 0 Å². The number of furan rings is 1. The van der Waals surface area contributed by atoms with E-state index in [1.165, 1.54) is 12.1 Å². The second-order valence-electron chi connectivity index (χ2n) is 7.31. The molecule has 4 aromatic rings. The van der Waals surface area contributed by atoms with Gasteiger partial charge in [0.1, 0.15) is 17.4 Å². The highest BCUT2D eigenvalue weighted by Crippen LogP contribution is 2.34. The van der Waals surface area contributed by atoms with Crippen molar-refractivity contribution in [3.63, 3.8) is 0 Å². The lowest BCUT2D eigenvalue weighted by molar-refractivity contribution is 0.297. The van der Waals surface area contributed by atoms with Gasteiger partial charge in [-0.2, -0.15) is 4.72 Å². The fraction of sp³-hybridized carbons (Fsp3) is 0.167. The fourth-order valence-electron chi connectivity index (χ4n) is 3.61. The van der Waals surface area contributed by atoms with Crippen LogP contribution in [0.3, 0.4) is 0 Å². The Kier molecular flexibility index (Phi) is 5.13.